The summed E-state index contributed by atoms with van der Waals surface area (Å²) in [4.78, 5) is 17.2. The van der Waals surface area contributed by atoms with Gasteiger partial charge in [0.2, 0.25) is 10.0 Å². The summed E-state index contributed by atoms with van der Waals surface area (Å²) in [5.41, 5.74) is 10.9. The van der Waals surface area contributed by atoms with Crippen LogP contribution in [-0.2, 0) is 10.0 Å². The van der Waals surface area contributed by atoms with Crippen LogP contribution in [0.1, 0.15) is 85.6 Å². The van der Waals surface area contributed by atoms with Crippen LogP contribution in [0, 0.1) is 6.92 Å². The largest absolute Gasteiger partial charge is 0.294 e. The number of azide groups is 1. The number of aryl methyl sites for hydroxylation is 1. The van der Waals surface area contributed by atoms with E-state index in [9.17, 15) is 8.42 Å². The van der Waals surface area contributed by atoms with E-state index in [4.69, 9.17) is 5.53 Å². The first-order valence-corrected chi connectivity index (χ1v) is 20.6. The van der Waals surface area contributed by atoms with E-state index in [2.05, 4.69) is 76.1 Å². The van der Waals surface area contributed by atoms with E-state index in [0.717, 1.165) is 96.7 Å². The van der Waals surface area contributed by atoms with Crippen LogP contribution < -0.4 is 0 Å². The van der Waals surface area contributed by atoms with Gasteiger partial charge < -0.3 is 0 Å². The summed E-state index contributed by atoms with van der Waals surface area (Å²) in [7, 11) is -3.45. The Morgan fingerprint density at radius 1 is 0.571 bits per heavy atom. The van der Waals surface area contributed by atoms with Crippen LogP contribution in [-0.4, -0.2) is 149 Å². The summed E-state index contributed by atoms with van der Waals surface area (Å²) in [5, 5.41) is 4.19. The Bertz CT molecular complexity index is 1540. The molecule has 1 aromatic rings. The van der Waals surface area contributed by atoms with Gasteiger partial charge in [0.25, 0.3) is 0 Å². The van der Waals surface area contributed by atoms with Gasteiger partial charge in [0, 0.05) is 111 Å². The topological polar surface area (TPSA) is 102 Å². The fraction of sp³-hybridized carbons (Fsp3) is 0.838. The molecule has 0 amide bonds. The Labute approximate surface area is 295 Å². The molecule has 0 spiro atoms. The van der Waals surface area contributed by atoms with Crippen LogP contribution >= 0.6 is 0 Å². The summed E-state index contributed by atoms with van der Waals surface area (Å²) in [6.07, 6.45) is 6.54. The third-order valence-electron chi connectivity index (χ3n) is 15.0. The third-order valence-corrected chi connectivity index (χ3v) is 16.8. The maximum atomic E-state index is 13.4. The van der Waals surface area contributed by atoms with Gasteiger partial charge in [-0.15, -0.1) is 0 Å². The van der Waals surface area contributed by atoms with E-state index in [1.54, 1.807) is 16.4 Å². The van der Waals surface area contributed by atoms with Gasteiger partial charge in [-0.1, -0.05) is 64.4 Å². The molecule has 6 fully saturated rings. The van der Waals surface area contributed by atoms with E-state index in [1.165, 1.54) is 12.8 Å². The maximum absolute atomic E-state index is 13.4. The van der Waals surface area contributed by atoms with Gasteiger partial charge >= 0.3 is 0 Å². The maximum Gasteiger partial charge on any atom is 0.243 e. The molecule has 6 aliphatic heterocycles. The van der Waals surface area contributed by atoms with Crippen LogP contribution in [0.4, 0.5) is 0 Å². The number of sulfonamides is 1. The third kappa shape index (κ3) is 5.18. The normalized spacial score (nSPS) is 28.9. The molecule has 6 saturated heterocycles. The van der Waals surface area contributed by atoms with Gasteiger partial charge in [-0.25, -0.2) is 8.42 Å². The molecule has 0 unspecified atom stereocenters. The van der Waals surface area contributed by atoms with E-state index < -0.39 is 10.0 Å². The van der Waals surface area contributed by atoms with Crippen LogP contribution in [0.5, 0.6) is 0 Å². The van der Waals surface area contributed by atoms with Crippen molar-refractivity contribution in [1.82, 2.24) is 28.8 Å². The van der Waals surface area contributed by atoms with Crippen LogP contribution in [0.25, 0.3) is 10.4 Å². The smallest absolute Gasteiger partial charge is 0.243 e. The van der Waals surface area contributed by atoms with Gasteiger partial charge in [0.05, 0.1) is 10.4 Å². The highest BCUT2D eigenvalue weighted by Crippen LogP contribution is 2.51. The number of hydrogen-bond acceptors (Lipinski definition) is 8. The van der Waals surface area contributed by atoms with Gasteiger partial charge in [-0.3, -0.25) is 24.5 Å². The van der Waals surface area contributed by atoms with Gasteiger partial charge in [0.15, 0.2) is 0 Å². The molecule has 11 nitrogen and oxygen atoms in total. The van der Waals surface area contributed by atoms with E-state index in [-0.39, 0.29) is 33.2 Å². The number of benzene rings is 1. The second kappa shape index (κ2) is 12.2. The molecule has 0 aliphatic carbocycles. The molecule has 0 aromatic heterocycles. The second-order valence-corrected chi connectivity index (χ2v) is 19.0. The molecule has 7 rings (SSSR count). The molecular weight excluding hydrogens is 635 g/mol. The molecular formula is C37H61N9O2S. The van der Waals surface area contributed by atoms with E-state index in [1.807, 2.05) is 19.1 Å². The highest BCUT2D eigenvalue weighted by Gasteiger charge is 2.66. The predicted molar refractivity (Wildman–Crippen MR) is 195 cm³/mol. The standard InChI is InChI=1S/C37H61N9O2S/c1-8-32(39-40-38)18-41(19-32)33(9-2)20-42(21-33)34(10-3)22-43(23-34)35(11-4)24-44(25-35)36(12-5)26-45(27-36)37(13-6)28-46(29-37)49(47,48)31-16-14-30(7)15-17-31/h14-17H,8-13,18-29H2,1-7H3. The van der Waals surface area contributed by atoms with E-state index in [0.29, 0.717) is 18.0 Å². The quantitative estimate of drug-likeness (QED) is 0.157. The zero-order chi connectivity index (χ0) is 35.1. The first-order valence-electron chi connectivity index (χ1n) is 19.2. The zero-order valence-corrected chi connectivity index (χ0v) is 32.1. The number of hydrogen-bond donors (Lipinski definition) is 0. The summed E-state index contributed by atoms with van der Waals surface area (Å²) in [5.74, 6) is 0. The molecule has 6 aliphatic rings. The average molecular weight is 696 g/mol. The first-order chi connectivity index (χ1) is 23.3. The van der Waals surface area contributed by atoms with Crippen LogP contribution in [0.2, 0.25) is 0 Å². The minimum atomic E-state index is -3.45. The zero-order valence-electron chi connectivity index (χ0n) is 31.3. The Kier molecular flexibility index (Phi) is 8.84. The molecule has 49 heavy (non-hydrogen) atoms. The molecule has 0 radical (unpaired) electrons. The van der Waals surface area contributed by atoms with Crippen molar-refractivity contribution in [3.05, 3.63) is 40.3 Å². The van der Waals surface area contributed by atoms with Crippen LogP contribution in [0.15, 0.2) is 34.3 Å². The summed E-state index contributed by atoms with van der Waals surface area (Å²) >= 11 is 0. The number of likely N-dealkylation sites (tertiary alicyclic amines) is 5. The minimum absolute atomic E-state index is 0.0523. The van der Waals surface area contributed by atoms with Gasteiger partial charge in [-0.05, 0) is 63.1 Å². The van der Waals surface area contributed by atoms with Crippen molar-refractivity contribution in [3.8, 4) is 0 Å². The summed E-state index contributed by atoms with van der Waals surface area (Å²) in [6.45, 7) is 27.7. The van der Waals surface area contributed by atoms with Crippen molar-refractivity contribution in [3.63, 3.8) is 0 Å². The lowest BCUT2D eigenvalue weighted by atomic mass is 9.68. The van der Waals surface area contributed by atoms with Crippen LogP contribution in [0.3, 0.4) is 0 Å². The molecule has 0 bridgehead atoms. The monoisotopic (exact) mass is 695 g/mol. The summed E-state index contributed by atoms with van der Waals surface area (Å²) < 4.78 is 28.4. The minimum Gasteiger partial charge on any atom is -0.294 e. The van der Waals surface area contributed by atoms with Crippen molar-refractivity contribution in [2.75, 3.05) is 78.5 Å². The first kappa shape index (κ1) is 35.6. The fourth-order valence-corrected chi connectivity index (χ4v) is 11.9. The van der Waals surface area contributed by atoms with Gasteiger partial charge in [0.1, 0.15) is 0 Å². The molecule has 6 heterocycles. The molecule has 1 aromatic carbocycles. The number of rotatable bonds is 14. The number of nitrogens with zero attached hydrogens (tertiary/aromatic N) is 9. The Morgan fingerprint density at radius 2 is 0.898 bits per heavy atom. The van der Waals surface area contributed by atoms with Crippen molar-refractivity contribution in [1.29, 1.82) is 0 Å². The summed E-state index contributed by atoms with van der Waals surface area (Å²) in [6, 6.07) is 7.26. The molecule has 272 valence electrons. The lowest BCUT2D eigenvalue weighted by Crippen LogP contribution is -2.89. The fourth-order valence-electron chi connectivity index (χ4n) is 10.3. The average Bonchev–Trinajstić information content (AvgIpc) is 2.98. The lowest BCUT2D eigenvalue weighted by molar-refractivity contribution is -0.235. The molecule has 0 N–H and O–H groups in total. The highest BCUT2D eigenvalue weighted by molar-refractivity contribution is 7.89. The van der Waals surface area contributed by atoms with Crippen molar-refractivity contribution in [2.45, 2.75) is 125 Å². The Hall–Kier alpha value is -1.76. The van der Waals surface area contributed by atoms with Crippen molar-refractivity contribution >= 4 is 10.0 Å². The molecule has 0 saturated carbocycles. The van der Waals surface area contributed by atoms with Gasteiger partial charge in [-0.2, -0.15) is 4.31 Å². The lowest BCUT2D eigenvalue weighted by Gasteiger charge is -2.74. The molecule has 0 atom stereocenters. The predicted octanol–water partition coefficient (Wildman–Crippen LogP) is 4.78. The Balaban J connectivity index is 0.931. The van der Waals surface area contributed by atoms with E-state index >= 15 is 0 Å². The second-order valence-electron chi connectivity index (χ2n) is 17.0. The Morgan fingerprint density at radius 3 is 1.20 bits per heavy atom. The highest BCUT2D eigenvalue weighted by atomic mass is 32.2. The SMILES string of the molecule is CCC1(N=[N+]=[N-])CN(C2(CC)CN(C3(CC)CN(C4(CC)CN(C5(CC)CN(C6(CC)CN(S(=O)(=O)c7ccc(C)cc7)C6)C5)C4)C3)C2)C1. The van der Waals surface area contributed by atoms with Crippen molar-refractivity contribution in [2.24, 2.45) is 5.11 Å². The molecule has 12 heteroatoms. The van der Waals surface area contributed by atoms with Crippen molar-refractivity contribution < 1.29 is 8.42 Å².